The Morgan fingerprint density at radius 2 is 2.06 bits per heavy atom. The molecule has 16 heavy (non-hydrogen) atoms. The number of nitrogens with zero attached hydrogens (tertiary/aromatic N) is 1. The summed E-state index contributed by atoms with van der Waals surface area (Å²) in [5.41, 5.74) is 0. The zero-order chi connectivity index (χ0) is 10.8. The summed E-state index contributed by atoms with van der Waals surface area (Å²) in [7, 11) is 0. The molecule has 3 nitrogen and oxygen atoms in total. The van der Waals surface area contributed by atoms with Gasteiger partial charge >= 0.3 is 0 Å². The third-order valence-corrected chi connectivity index (χ3v) is 5.04. The molecule has 3 unspecified atom stereocenters. The van der Waals surface area contributed by atoms with E-state index in [0.717, 1.165) is 6.04 Å². The van der Waals surface area contributed by atoms with E-state index in [1.54, 1.807) is 0 Å². The van der Waals surface area contributed by atoms with Crippen molar-refractivity contribution >= 4 is 11.8 Å². The number of fused-ring (bicyclic) bond motifs is 2. The summed E-state index contributed by atoms with van der Waals surface area (Å²) in [4.78, 5) is 2.62. The van der Waals surface area contributed by atoms with E-state index in [2.05, 4.69) is 22.0 Å². The van der Waals surface area contributed by atoms with Crippen LogP contribution in [0.1, 0.15) is 19.3 Å². The van der Waals surface area contributed by atoms with Crippen LogP contribution in [0.25, 0.3) is 0 Å². The molecule has 0 saturated carbocycles. The maximum Gasteiger partial charge on any atom is 0.0707 e. The number of hydrogen-bond donors (Lipinski definition) is 1. The highest BCUT2D eigenvalue weighted by Gasteiger charge is 2.33. The minimum absolute atomic E-state index is 0.549. The molecule has 0 aromatic rings. The fourth-order valence-electron chi connectivity index (χ4n) is 3.03. The van der Waals surface area contributed by atoms with Gasteiger partial charge in [-0.3, -0.25) is 4.90 Å². The van der Waals surface area contributed by atoms with Crippen molar-refractivity contribution in [3.05, 3.63) is 0 Å². The first-order valence-electron chi connectivity index (χ1n) is 6.59. The van der Waals surface area contributed by atoms with E-state index in [1.807, 2.05) is 0 Å². The number of likely N-dealkylation sites (tertiary alicyclic amines) is 1. The van der Waals surface area contributed by atoms with E-state index in [4.69, 9.17) is 4.74 Å². The van der Waals surface area contributed by atoms with E-state index in [0.29, 0.717) is 12.2 Å². The summed E-state index contributed by atoms with van der Waals surface area (Å²) in [6.07, 6.45) is 4.99. The van der Waals surface area contributed by atoms with Gasteiger partial charge < -0.3 is 10.1 Å². The van der Waals surface area contributed by atoms with Crippen molar-refractivity contribution in [1.29, 1.82) is 0 Å². The minimum atomic E-state index is 0.549. The summed E-state index contributed by atoms with van der Waals surface area (Å²) in [6.45, 7) is 4.81. The summed E-state index contributed by atoms with van der Waals surface area (Å²) in [5, 5.41) is 3.62. The van der Waals surface area contributed by atoms with E-state index in [-0.39, 0.29) is 0 Å². The van der Waals surface area contributed by atoms with Crippen molar-refractivity contribution in [2.45, 2.75) is 37.5 Å². The van der Waals surface area contributed by atoms with Crippen molar-refractivity contribution in [3.8, 4) is 0 Å². The number of thioether (sulfide) groups is 1. The Balaban J connectivity index is 1.41. The molecule has 3 aliphatic rings. The Morgan fingerprint density at radius 3 is 2.75 bits per heavy atom. The average molecular weight is 242 g/mol. The van der Waals surface area contributed by atoms with Crippen molar-refractivity contribution < 1.29 is 4.74 Å². The standard InChI is InChI=1S/C12H22N2OS/c1-2-12-8-14(7-11(1)15-12)5-3-10-9-16-6-4-13-10/h10-13H,1-9H2. The lowest BCUT2D eigenvalue weighted by molar-refractivity contribution is -0.0389. The van der Waals surface area contributed by atoms with Gasteiger partial charge in [0.2, 0.25) is 0 Å². The van der Waals surface area contributed by atoms with Gasteiger partial charge in [0.25, 0.3) is 0 Å². The van der Waals surface area contributed by atoms with Crippen LogP contribution < -0.4 is 5.32 Å². The zero-order valence-electron chi connectivity index (χ0n) is 9.86. The first-order chi connectivity index (χ1) is 7.90. The predicted molar refractivity (Wildman–Crippen MR) is 68.1 cm³/mol. The number of nitrogens with one attached hydrogen (secondary N) is 1. The SMILES string of the molecule is C1CSCC(CCN2CC3CCC(C2)O3)N1. The smallest absolute Gasteiger partial charge is 0.0707 e. The molecule has 0 aromatic carbocycles. The summed E-state index contributed by atoms with van der Waals surface area (Å²) in [6, 6.07) is 0.749. The van der Waals surface area contributed by atoms with Gasteiger partial charge in [0.1, 0.15) is 0 Å². The van der Waals surface area contributed by atoms with Gasteiger partial charge in [-0.15, -0.1) is 0 Å². The van der Waals surface area contributed by atoms with Crippen molar-refractivity contribution in [2.75, 3.05) is 37.7 Å². The topological polar surface area (TPSA) is 24.5 Å². The third kappa shape index (κ3) is 2.73. The molecule has 0 spiro atoms. The van der Waals surface area contributed by atoms with Crippen LogP contribution in [0.5, 0.6) is 0 Å². The molecule has 92 valence electrons. The molecule has 2 bridgehead atoms. The Kier molecular flexibility index (Phi) is 3.72. The Bertz CT molecular complexity index is 221. The van der Waals surface area contributed by atoms with Gasteiger partial charge in [-0.1, -0.05) is 0 Å². The fraction of sp³-hybridized carbons (Fsp3) is 1.00. The molecule has 1 N–H and O–H groups in total. The Hall–Kier alpha value is 0.230. The Morgan fingerprint density at radius 1 is 1.25 bits per heavy atom. The molecule has 3 heterocycles. The van der Waals surface area contributed by atoms with Gasteiger partial charge in [-0.25, -0.2) is 0 Å². The van der Waals surface area contributed by atoms with Gasteiger partial charge in [-0.05, 0) is 25.8 Å². The minimum Gasteiger partial charge on any atom is -0.372 e. The van der Waals surface area contributed by atoms with Gasteiger partial charge in [-0.2, -0.15) is 11.8 Å². The van der Waals surface area contributed by atoms with Crippen LogP contribution in [-0.2, 0) is 4.74 Å². The maximum absolute atomic E-state index is 5.86. The summed E-state index contributed by atoms with van der Waals surface area (Å²) < 4.78 is 5.86. The zero-order valence-corrected chi connectivity index (χ0v) is 10.7. The van der Waals surface area contributed by atoms with E-state index >= 15 is 0 Å². The van der Waals surface area contributed by atoms with E-state index in [1.165, 1.54) is 56.9 Å². The lowest BCUT2D eigenvalue weighted by atomic mass is 10.2. The third-order valence-electron chi connectivity index (χ3n) is 3.91. The van der Waals surface area contributed by atoms with E-state index < -0.39 is 0 Å². The van der Waals surface area contributed by atoms with Crippen LogP contribution in [0.4, 0.5) is 0 Å². The fourth-order valence-corrected chi connectivity index (χ4v) is 4.02. The quantitative estimate of drug-likeness (QED) is 0.796. The second-order valence-corrected chi connectivity index (χ2v) is 6.38. The molecule has 3 aliphatic heterocycles. The summed E-state index contributed by atoms with van der Waals surface area (Å²) >= 11 is 2.10. The second kappa shape index (κ2) is 5.25. The van der Waals surface area contributed by atoms with Gasteiger partial charge in [0.15, 0.2) is 0 Å². The van der Waals surface area contributed by atoms with E-state index in [9.17, 15) is 0 Å². The van der Waals surface area contributed by atoms with Crippen LogP contribution in [-0.4, -0.2) is 60.8 Å². The molecule has 3 rings (SSSR count). The molecule has 3 atom stereocenters. The molecular weight excluding hydrogens is 220 g/mol. The number of hydrogen-bond acceptors (Lipinski definition) is 4. The van der Waals surface area contributed by atoms with Crippen LogP contribution >= 0.6 is 11.8 Å². The van der Waals surface area contributed by atoms with Gasteiger partial charge in [0.05, 0.1) is 12.2 Å². The van der Waals surface area contributed by atoms with Crippen LogP contribution in [0.2, 0.25) is 0 Å². The number of rotatable bonds is 3. The van der Waals surface area contributed by atoms with Crippen molar-refractivity contribution in [3.63, 3.8) is 0 Å². The lowest BCUT2D eigenvalue weighted by Gasteiger charge is -2.33. The molecule has 0 aromatic heterocycles. The average Bonchev–Trinajstić information content (AvgIpc) is 2.67. The highest BCUT2D eigenvalue weighted by molar-refractivity contribution is 7.99. The molecule has 0 aliphatic carbocycles. The van der Waals surface area contributed by atoms with Crippen LogP contribution in [0.3, 0.4) is 0 Å². The molecule has 4 heteroatoms. The van der Waals surface area contributed by atoms with Crippen LogP contribution in [0, 0.1) is 0 Å². The predicted octanol–water partition coefficient (Wildman–Crippen LogP) is 0.945. The molecule has 3 saturated heterocycles. The first kappa shape index (κ1) is 11.3. The second-order valence-electron chi connectivity index (χ2n) is 5.23. The molecule has 0 radical (unpaired) electrons. The Labute approximate surface area is 102 Å². The molecule has 0 amide bonds. The van der Waals surface area contributed by atoms with Gasteiger partial charge in [0, 0.05) is 37.2 Å². The lowest BCUT2D eigenvalue weighted by Crippen LogP contribution is -2.45. The van der Waals surface area contributed by atoms with Crippen molar-refractivity contribution in [1.82, 2.24) is 10.2 Å². The summed E-state index contributed by atoms with van der Waals surface area (Å²) in [5.74, 6) is 2.59. The number of morpholine rings is 1. The first-order valence-corrected chi connectivity index (χ1v) is 7.74. The largest absolute Gasteiger partial charge is 0.372 e. The highest BCUT2D eigenvalue weighted by Crippen LogP contribution is 2.26. The van der Waals surface area contributed by atoms with Crippen molar-refractivity contribution in [2.24, 2.45) is 0 Å². The molecule has 3 fully saturated rings. The highest BCUT2D eigenvalue weighted by atomic mass is 32.2. The molecular formula is C12H22N2OS. The normalized spacial score (nSPS) is 40.1. The number of ether oxygens (including phenoxy) is 1. The maximum atomic E-state index is 5.86. The monoisotopic (exact) mass is 242 g/mol. The van der Waals surface area contributed by atoms with Crippen LogP contribution in [0.15, 0.2) is 0 Å².